The minimum Gasteiger partial charge on any atom is -0.456 e. The number of phosphoric ester groups is 1. The highest BCUT2D eigenvalue weighted by Crippen LogP contribution is 2.43. The predicted octanol–water partition coefficient (Wildman–Crippen LogP) is 19.9. The molecule has 0 saturated heterocycles. The third-order valence-corrected chi connectivity index (χ3v) is 14.4. The van der Waals surface area contributed by atoms with Crippen molar-refractivity contribution in [1.29, 1.82) is 0 Å². The van der Waals surface area contributed by atoms with Crippen LogP contribution in [0.3, 0.4) is 0 Å². The van der Waals surface area contributed by atoms with Gasteiger partial charge in [-0.05, 0) is 122 Å². The molecule has 0 rings (SSSR count). The number of carbonyl (C=O) groups is 2. The molecule has 0 bridgehead atoms. The number of phosphoric acid groups is 1. The molecular formula is C69H120N2O7P+. The first-order chi connectivity index (χ1) is 38.4. The molecule has 0 aliphatic heterocycles. The second kappa shape index (κ2) is 57.6. The van der Waals surface area contributed by atoms with Crippen LogP contribution in [-0.4, -0.2) is 74.3 Å². The summed E-state index contributed by atoms with van der Waals surface area (Å²) in [5.74, 6) is -0.557. The summed E-state index contributed by atoms with van der Waals surface area (Å²) >= 11 is 0. The molecule has 10 heteroatoms. The molecule has 9 nitrogen and oxygen atoms in total. The number of ether oxygens (including phenoxy) is 1. The first-order valence-corrected chi connectivity index (χ1v) is 33.4. The second-order valence-electron chi connectivity index (χ2n) is 22.2. The first-order valence-electron chi connectivity index (χ1n) is 31.9. The lowest BCUT2D eigenvalue weighted by Crippen LogP contribution is -2.47. The predicted molar refractivity (Wildman–Crippen MR) is 341 cm³/mol. The Bertz CT molecular complexity index is 1770. The number of allylic oxidation sites excluding steroid dienone is 19. The van der Waals surface area contributed by atoms with E-state index in [1.54, 1.807) is 0 Å². The summed E-state index contributed by atoms with van der Waals surface area (Å²) in [5, 5.41) is 3.04. The van der Waals surface area contributed by atoms with Crippen LogP contribution in [0.15, 0.2) is 122 Å². The van der Waals surface area contributed by atoms with Crippen LogP contribution in [0.4, 0.5) is 0 Å². The van der Waals surface area contributed by atoms with Crippen molar-refractivity contribution in [3.8, 4) is 0 Å². The number of quaternary nitrogens is 1. The summed E-state index contributed by atoms with van der Waals surface area (Å²) in [4.78, 5) is 37.7. The zero-order valence-corrected chi connectivity index (χ0v) is 52.5. The molecule has 0 aromatic rings. The Labute approximate surface area is 486 Å². The van der Waals surface area contributed by atoms with Crippen molar-refractivity contribution in [3.05, 3.63) is 122 Å². The van der Waals surface area contributed by atoms with Crippen molar-refractivity contribution in [2.45, 2.75) is 264 Å². The van der Waals surface area contributed by atoms with Gasteiger partial charge in [0.25, 0.3) is 0 Å². The summed E-state index contributed by atoms with van der Waals surface area (Å²) in [6, 6.07) is -0.876. The normalized spacial score (nSPS) is 14.5. The highest BCUT2D eigenvalue weighted by Gasteiger charge is 2.30. The van der Waals surface area contributed by atoms with Crippen molar-refractivity contribution in [3.63, 3.8) is 0 Å². The molecule has 0 aliphatic carbocycles. The Hall–Kier alpha value is -3.59. The Morgan fingerprint density at radius 1 is 0.456 bits per heavy atom. The minimum absolute atomic E-state index is 0.0259. The van der Waals surface area contributed by atoms with E-state index in [1.807, 2.05) is 33.3 Å². The van der Waals surface area contributed by atoms with Gasteiger partial charge in [0.1, 0.15) is 19.3 Å². The van der Waals surface area contributed by atoms with Crippen molar-refractivity contribution in [2.75, 3.05) is 40.9 Å². The van der Waals surface area contributed by atoms with Crippen LogP contribution in [-0.2, 0) is 27.9 Å². The van der Waals surface area contributed by atoms with Gasteiger partial charge in [-0.3, -0.25) is 18.6 Å². The molecule has 0 spiro atoms. The molecule has 0 aromatic carbocycles. The Balaban J connectivity index is 5.27. The maximum Gasteiger partial charge on any atom is 0.472 e. The van der Waals surface area contributed by atoms with Crippen LogP contribution in [0, 0.1) is 0 Å². The number of rotatable bonds is 56. The number of hydrogen-bond acceptors (Lipinski definition) is 6. The lowest BCUT2D eigenvalue weighted by Gasteiger charge is -2.27. The monoisotopic (exact) mass is 1120 g/mol. The molecule has 452 valence electrons. The molecule has 3 unspecified atom stereocenters. The van der Waals surface area contributed by atoms with Gasteiger partial charge in [-0.2, -0.15) is 0 Å². The highest BCUT2D eigenvalue weighted by atomic mass is 31.2. The van der Waals surface area contributed by atoms with Crippen LogP contribution in [0.25, 0.3) is 0 Å². The fourth-order valence-electron chi connectivity index (χ4n) is 8.48. The van der Waals surface area contributed by atoms with Crippen LogP contribution in [0.5, 0.6) is 0 Å². The lowest BCUT2D eigenvalue weighted by molar-refractivity contribution is -0.870. The molecular weight excluding hydrogens is 1000 g/mol. The molecule has 0 fully saturated rings. The van der Waals surface area contributed by atoms with Crippen LogP contribution >= 0.6 is 7.82 Å². The molecule has 3 atom stereocenters. The summed E-state index contributed by atoms with van der Waals surface area (Å²) in [6.45, 7) is 6.82. The molecule has 0 radical (unpaired) electrons. The van der Waals surface area contributed by atoms with Gasteiger partial charge in [0.05, 0.1) is 33.8 Å². The lowest BCUT2D eigenvalue weighted by atomic mass is 10.1. The number of unbranched alkanes of at least 4 members (excludes halogenated alkanes) is 22. The number of nitrogens with one attached hydrogen (secondary N) is 1. The molecule has 0 saturated carbocycles. The summed E-state index contributed by atoms with van der Waals surface area (Å²) in [7, 11) is 1.45. The Morgan fingerprint density at radius 2 is 0.810 bits per heavy atom. The second-order valence-corrected chi connectivity index (χ2v) is 23.6. The van der Waals surface area contributed by atoms with E-state index in [1.165, 1.54) is 77.0 Å². The van der Waals surface area contributed by atoms with Crippen molar-refractivity contribution >= 4 is 19.7 Å². The van der Waals surface area contributed by atoms with E-state index in [4.69, 9.17) is 13.8 Å². The average Bonchev–Trinajstić information content (AvgIpc) is 3.41. The first kappa shape index (κ1) is 75.4. The number of nitrogens with zero attached hydrogens (tertiary/aromatic N) is 1. The van der Waals surface area contributed by atoms with E-state index >= 15 is 0 Å². The number of hydrogen-bond donors (Lipinski definition) is 2. The number of carbonyl (C=O) groups excluding carboxylic acids is 2. The maximum atomic E-state index is 13.6. The van der Waals surface area contributed by atoms with Gasteiger partial charge in [0.2, 0.25) is 5.91 Å². The van der Waals surface area contributed by atoms with Gasteiger partial charge in [-0.25, -0.2) is 4.57 Å². The Kier molecular flexibility index (Phi) is 55.0. The molecule has 79 heavy (non-hydrogen) atoms. The molecule has 0 heterocycles. The number of likely N-dealkylation sites (N-methyl/N-ethyl adjacent to an activating group) is 1. The van der Waals surface area contributed by atoms with E-state index in [0.29, 0.717) is 30.3 Å². The van der Waals surface area contributed by atoms with Crippen LogP contribution in [0.1, 0.15) is 252 Å². The van der Waals surface area contributed by atoms with E-state index in [2.05, 4.69) is 135 Å². The van der Waals surface area contributed by atoms with Gasteiger partial charge in [0, 0.05) is 12.8 Å². The summed E-state index contributed by atoms with van der Waals surface area (Å²) in [6.07, 6.45) is 80.5. The number of amides is 1. The highest BCUT2D eigenvalue weighted by molar-refractivity contribution is 7.47. The fraction of sp³-hybridized carbons (Fsp3) is 0.681. The van der Waals surface area contributed by atoms with Gasteiger partial charge in [-0.1, -0.05) is 239 Å². The SMILES string of the molecule is CC/C=C\C/C=C\C/C=C\C/C=C\C/C=C\C/C=C\CCCCCCC(=O)NC(COP(=O)(O)OCC[N+](C)(C)C)C(/C=C\CCCCCCCCCCC)OC(=O)CCCCCCCC/C=C\C/C=C\C/C=C\CCCCC. The molecule has 0 aliphatic rings. The smallest absolute Gasteiger partial charge is 0.456 e. The standard InChI is InChI=1S/C69H119N2O7P/c1-7-10-13-16-19-22-25-27-29-31-33-34-35-36-38-39-41-43-46-49-52-55-58-61-68(72)70-66(65-77-79(74,75)76-64-63-71(4,5)6)67(60-57-54-51-48-45-24-21-18-15-12-9-3)78-69(73)62-59-56-53-50-47-44-42-40-37-32-30-28-26-23-20-17-14-11-8-2/h10,13,19-20,22-23,27-30,33-34,36-38,40-41,43,57,60,66-67H,7-9,11-12,14-18,21,24-26,31-32,35,39,42,44-56,58-59,61-65H2,1-6H3,(H-,70,72,74,75)/p+1/b13-10-,22-19-,23-20-,29-27-,30-28-,34-33-,38-36-,40-37-,43-41-,60-57-. The minimum atomic E-state index is -4.47. The van der Waals surface area contributed by atoms with Crippen molar-refractivity contribution in [1.82, 2.24) is 5.32 Å². The zero-order valence-electron chi connectivity index (χ0n) is 51.6. The van der Waals surface area contributed by atoms with E-state index in [-0.39, 0.29) is 31.5 Å². The average molecular weight is 1120 g/mol. The summed E-state index contributed by atoms with van der Waals surface area (Å²) in [5.41, 5.74) is 0. The fourth-order valence-corrected chi connectivity index (χ4v) is 9.21. The van der Waals surface area contributed by atoms with Gasteiger partial charge in [0.15, 0.2) is 0 Å². The maximum absolute atomic E-state index is 13.6. The van der Waals surface area contributed by atoms with Gasteiger partial charge >= 0.3 is 13.8 Å². The molecule has 1 amide bonds. The largest absolute Gasteiger partial charge is 0.472 e. The Morgan fingerprint density at radius 3 is 1.24 bits per heavy atom. The third kappa shape index (κ3) is 58.9. The molecule has 2 N–H and O–H groups in total. The number of esters is 1. The van der Waals surface area contributed by atoms with E-state index < -0.39 is 20.0 Å². The van der Waals surface area contributed by atoms with Crippen LogP contribution < -0.4 is 5.32 Å². The van der Waals surface area contributed by atoms with E-state index in [9.17, 15) is 19.0 Å². The quantitative estimate of drug-likeness (QED) is 0.0205. The van der Waals surface area contributed by atoms with E-state index in [0.717, 1.165) is 128 Å². The van der Waals surface area contributed by atoms with Crippen LogP contribution in [0.2, 0.25) is 0 Å². The van der Waals surface area contributed by atoms with Gasteiger partial charge in [-0.15, -0.1) is 0 Å². The van der Waals surface area contributed by atoms with Gasteiger partial charge < -0.3 is 19.4 Å². The topological polar surface area (TPSA) is 111 Å². The molecule has 0 aromatic heterocycles. The van der Waals surface area contributed by atoms with Crippen molar-refractivity contribution < 1.29 is 37.3 Å². The van der Waals surface area contributed by atoms with Crippen molar-refractivity contribution in [2.24, 2.45) is 0 Å². The summed E-state index contributed by atoms with van der Waals surface area (Å²) < 4.78 is 30.7. The third-order valence-electron chi connectivity index (χ3n) is 13.4. The zero-order chi connectivity index (χ0) is 57.9.